The number of ether oxygens (including phenoxy) is 1. The predicted molar refractivity (Wildman–Crippen MR) is 105 cm³/mol. The van der Waals surface area contributed by atoms with Crippen LogP contribution in [0.15, 0.2) is 24.3 Å². The molecular weight excluding hydrogens is 326 g/mol. The van der Waals surface area contributed by atoms with Gasteiger partial charge in [0.2, 0.25) is 0 Å². The van der Waals surface area contributed by atoms with Gasteiger partial charge >= 0.3 is 5.97 Å². The van der Waals surface area contributed by atoms with Crippen LogP contribution in [-0.4, -0.2) is 23.7 Å². The minimum atomic E-state index is -0.644. The summed E-state index contributed by atoms with van der Waals surface area (Å²) in [6, 6.07) is 8.96. The molecule has 2 rings (SSSR count). The van der Waals surface area contributed by atoms with Gasteiger partial charge < -0.3 is 15.2 Å². The summed E-state index contributed by atoms with van der Waals surface area (Å²) in [5, 5.41) is 13.0. The largest absolute Gasteiger partial charge is 0.493 e. The molecule has 1 aliphatic rings. The number of benzene rings is 1. The van der Waals surface area contributed by atoms with Crippen LogP contribution in [0.4, 0.5) is 0 Å². The summed E-state index contributed by atoms with van der Waals surface area (Å²) in [7, 11) is 0. The van der Waals surface area contributed by atoms with Crippen molar-refractivity contribution in [2.75, 3.05) is 6.61 Å². The zero-order valence-corrected chi connectivity index (χ0v) is 16.7. The van der Waals surface area contributed by atoms with Gasteiger partial charge in [0.25, 0.3) is 0 Å². The van der Waals surface area contributed by atoms with Crippen molar-refractivity contribution in [2.24, 2.45) is 17.8 Å². The molecule has 0 radical (unpaired) electrons. The third kappa shape index (κ3) is 6.31. The fourth-order valence-electron chi connectivity index (χ4n) is 3.70. The van der Waals surface area contributed by atoms with E-state index in [1.807, 2.05) is 6.07 Å². The van der Waals surface area contributed by atoms with Crippen molar-refractivity contribution in [1.82, 2.24) is 5.32 Å². The van der Waals surface area contributed by atoms with E-state index in [0.717, 1.165) is 44.5 Å². The summed E-state index contributed by atoms with van der Waals surface area (Å²) in [4.78, 5) is 11.2. The van der Waals surface area contributed by atoms with E-state index in [4.69, 9.17) is 4.74 Å². The molecule has 0 aromatic heterocycles. The number of nitrogens with one attached hydrogen (secondary N) is 1. The molecule has 1 saturated carbocycles. The fourth-order valence-corrected chi connectivity index (χ4v) is 3.70. The lowest BCUT2D eigenvalue weighted by atomic mass is 9.85. The van der Waals surface area contributed by atoms with Crippen molar-refractivity contribution in [2.45, 2.75) is 71.9 Å². The van der Waals surface area contributed by atoms with Gasteiger partial charge in [-0.1, -0.05) is 45.9 Å². The van der Waals surface area contributed by atoms with Gasteiger partial charge in [0.1, 0.15) is 5.75 Å². The van der Waals surface area contributed by atoms with Crippen molar-refractivity contribution in [3.8, 4) is 5.75 Å². The van der Waals surface area contributed by atoms with Gasteiger partial charge in [-0.3, -0.25) is 4.79 Å². The van der Waals surface area contributed by atoms with Crippen LogP contribution in [-0.2, 0) is 4.79 Å². The quantitative estimate of drug-likeness (QED) is 0.647. The number of aliphatic carboxylic acids is 1. The Labute approximate surface area is 158 Å². The van der Waals surface area contributed by atoms with Crippen LogP contribution < -0.4 is 10.1 Å². The summed E-state index contributed by atoms with van der Waals surface area (Å²) in [5.74, 6) is 1.22. The maximum atomic E-state index is 11.2. The molecule has 2 N–H and O–H groups in total. The number of carbonyl (C=O) groups is 1. The van der Waals surface area contributed by atoms with Crippen LogP contribution in [0, 0.1) is 17.8 Å². The number of hydrogen-bond acceptors (Lipinski definition) is 3. The molecule has 0 amide bonds. The highest BCUT2D eigenvalue weighted by molar-refractivity contribution is 5.70. The van der Waals surface area contributed by atoms with E-state index in [0.29, 0.717) is 17.9 Å². The molecular formula is C22H35NO3. The highest BCUT2D eigenvalue weighted by Crippen LogP contribution is 2.33. The van der Waals surface area contributed by atoms with Gasteiger partial charge in [0, 0.05) is 17.6 Å². The summed E-state index contributed by atoms with van der Waals surface area (Å²) >= 11 is 0. The van der Waals surface area contributed by atoms with E-state index >= 15 is 0 Å². The lowest BCUT2D eigenvalue weighted by molar-refractivity contribution is -0.142. The Morgan fingerprint density at radius 1 is 1.12 bits per heavy atom. The highest BCUT2D eigenvalue weighted by atomic mass is 16.5. The first-order valence-electron chi connectivity index (χ1n) is 10.1. The number of para-hydroxylation sites is 1. The van der Waals surface area contributed by atoms with Gasteiger partial charge in [-0.05, 0) is 50.0 Å². The Kier molecular flexibility index (Phi) is 7.95. The Bertz CT molecular complexity index is 562. The topological polar surface area (TPSA) is 58.6 Å². The van der Waals surface area contributed by atoms with Gasteiger partial charge in [-0.25, -0.2) is 0 Å². The molecule has 26 heavy (non-hydrogen) atoms. The van der Waals surface area contributed by atoms with E-state index in [9.17, 15) is 9.90 Å². The van der Waals surface area contributed by atoms with E-state index in [1.165, 1.54) is 5.56 Å². The second-order valence-electron chi connectivity index (χ2n) is 8.48. The molecule has 1 fully saturated rings. The summed E-state index contributed by atoms with van der Waals surface area (Å²) in [6.07, 6.45) is 4.45. The van der Waals surface area contributed by atoms with E-state index in [1.54, 1.807) is 0 Å². The van der Waals surface area contributed by atoms with Gasteiger partial charge in [-0.15, -0.1) is 0 Å². The number of hydrogen-bond donors (Lipinski definition) is 2. The van der Waals surface area contributed by atoms with Crippen molar-refractivity contribution in [1.29, 1.82) is 0 Å². The van der Waals surface area contributed by atoms with Gasteiger partial charge in [0.15, 0.2) is 0 Å². The lowest BCUT2D eigenvalue weighted by Gasteiger charge is -2.32. The molecule has 1 unspecified atom stereocenters. The third-order valence-corrected chi connectivity index (χ3v) is 5.09. The van der Waals surface area contributed by atoms with E-state index in [2.05, 4.69) is 51.2 Å². The minimum absolute atomic E-state index is 0.168. The monoisotopic (exact) mass is 361 g/mol. The normalized spacial score (nSPS) is 21.8. The predicted octanol–water partition coefficient (Wildman–Crippen LogP) is 5.04. The summed E-state index contributed by atoms with van der Waals surface area (Å²) < 4.78 is 6.08. The van der Waals surface area contributed by atoms with E-state index in [-0.39, 0.29) is 12.0 Å². The number of carboxylic acids is 1. The molecule has 0 bridgehead atoms. The molecule has 1 aromatic rings. The molecule has 1 aliphatic carbocycles. The first kappa shape index (κ1) is 20.8. The van der Waals surface area contributed by atoms with Crippen molar-refractivity contribution in [3.63, 3.8) is 0 Å². The molecule has 0 heterocycles. The Balaban J connectivity index is 2.09. The van der Waals surface area contributed by atoms with Crippen LogP contribution in [0.2, 0.25) is 0 Å². The van der Waals surface area contributed by atoms with Crippen molar-refractivity contribution in [3.05, 3.63) is 29.8 Å². The zero-order valence-electron chi connectivity index (χ0n) is 16.7. The maximum Gasteiger partial charge on any atom is 0.306 e. The molecule has 4 nitrogen and oxygen atoms in total. The summed E-state index contributed by atoms with van der Waals surface area (Å²) in [5.41, 5.74) is 1.22. The van der Waals surface area contributed by atoms with Crippen LogP contribution >= 0.6 is 0 Å². The molecule has 0 aliphatic heterocycles. The minimum Gasteiger partial charge on any atom is -0.493 e. The van der Waals surface area contributed by atoms with Crippen LogP contribution in [0.1, 0.15) is 71.4 Å². The van der Waals surface area contributed by atoms with Crippen molar-refractivity contribution < 1.29 is 14.6 Å². The van der Waals surface area contributed by atoms with Crippen LogP contribution in [0.3, 0.4) is 0 Å². The van der Waals surface area contributed by atoms with Crippen LogP contribution in [0.5, 0.6) is 5.75 Å². The first-order chi connectivity index (χ1) is 12.4. The van der Waals surface area contributed by atoms with Crippen LogP contribution in [0.25, 0.3) is 0 Å². The first-order valence-corrected chi connectivity index (χ1v) is 10.1. The standard InChI is InChI=1S/C22H35NO3/c1-15(2)13-20(23-18-11-9-17(10-12-18)22(24)25)19-7-5-6-8-21(19)26-14-16(3)4/h5-8,15-18,20,23H,9-14H2,1-4H3,(H,24,25). The number of carboxylic acid groups (broad SMARTS) is 1. The molecule has 0 spiro atoms. The zero-order chi connectivity index (χ0) is 19.1. The molecule has 1 atom stereocenters. The van der Waals surface area contributed by atoms with Gasteiger partial charge in [-0.2, -0.15) is 0 Å². The third-order valence-electron chi connectivity index (χ3n) is 5.09. The van der Waals surface area contributed by atoms with E-state index < -0.39 is 5.97 Å². The number of rotatable bonds is 9. The Morgan fingerprint density at radius 3 is 2.35 bits per heavy atom. The fraction of sp³-hybridized carbons (Fsp3) is 0.682. The second kappa shape index (κ2) is 9.96. The van der Waals surface area contributed by atoms with Crippen molar-refractivity contribution >= 4 is 5.97 Å². The summed E-state index contributed by atoms with van der Waals surface area (Å²) in [6.45, 7) is 9.52. The van der Waals surface area contributed by atoms with Gasteiger partial charge in [0.05, 0.1) is 12.5 Å². The SMILES string of the molecule is CC(C)COc1ccccc1C(CC(C)C)NC1CCC(C(=O)O)CC1. The molecule has 1 aromatic carbocycles. The Morgan fingerprint density at radius 2 is 1.77 bits per heavy atom. The smallest absolute Gasteiger partial charge is 0.306 e. The second-order valence-corrected chi connectivity index (χ2v) is 8.48. The molecule has 4 heteroatoms. The molecule has 0 saturated heterocycles. The molecule has 146 valence electrons. The average molecular weight is 362 g/mol. The highest BCUT2D eigenvalue weighted by Gasteiger charge is 2.28. The Hall–Kier alpha value is -1.55. The average Bonchev–Trinajstić information content (AvgIpc) is 2.59. The maximum absolute atomic E-state index is 11.2. The lowest BCUT2D eigenvalue weighted by Crippen LogP contribution is -2.38.